The van der Waals surface area contributed by atoms with E-state index in [4.69, 9.17) is 21.1 Å². The van der Waals surface area contributed by atoms with Crippen LogP contribution in [0.25, 0.3) is 0 Å². The molecule has 2 aliphatic heterocycles. The van der Waals surface area contributed by atoms with Crippen molar-refractivity contribution < 1.29 is 9.47 Å². The average Bonchev–Trinajstić information content (AvgIpc) is 2.59. The molecule has 1 fully saturated rings. The first-order valence-corrected chi connectivity index (χ1v) is 5.55. The van der Waals surface area contributed by atoms with Crippen LogP contribution in [0.3, 0.4) is 0 Å². The lowest BCUT2D eigenvalue weighted by Gasteiger charge is -2.33. The van der Waals surface area contributed by atoms with E-state index in [1.807, 2.05) is 12.3 Å². The molecule has 0 saturated carbocycles. The molecule has 4 heteroatoms. The van der Waals surface area contributed by atoms with Gasteiger partial charge in [0, 0.05) is 37.8 Å². The molecule has 1 saturated heterocycles. The smallest absolute Gasteiger partial charge is 0.129 e. The third-order valence-electron chi connectivity index (χ3n) is 3.25. The second kappa shape index (κ2) is 3.44. The number of fused-ring (bicyclic) bond motifs is 2. The van der Waals surface area contributed by atoms with Crippen LogP contribution in [-0.4, -0.2) is 18.2 Å². The minimum atomic E-state index is -0.153. The molecule has 3 rings (SSSR count). The van der Waals surface area contributed by atoms with Gasteiger partial charge in [0.1, 0.15) is 5.15 Å². The van der Waals surface area contributed by atoms with Crippen molar-refractivity contribution >= 4 is 11.6 Å². The Labute approximate surface area is 93.4 Å². The largest absolute Gasteiger partial charge is 0.381 e. The second-order valence-electron chi connectivity index (χ2n) is 4.06. The molecule has 0 N–H and O–H groups in total. The Balaban J connectivity index is 2.05. The number of rotatable bonds is 0. The van der Waals surface area contributed by atoms with Gasteiger partial charge in [0.2, 0.25) is 0 Å². The average molecular weight is 226 g/mol. The molecule has 15 heavy (non-hydrogen) atoms. The molecule has 0 unspecified atom stereocenters. The van der Waals surface area contributed by atoms with Gasteiger partial charge in [0.15, 0.2) is 0 Å². The van der Waals surface area contributed by atoms with Crippen molar-refractivity contribution in [3.05, 3.63) is 28.5 Å². The number of halogens is 1. The zero-order valence-corrected chi connectivity index (χ0v) is 9.09. The van der Waals surface area contributed by atoms with E-state index in [1.54, 1.807) is 0 Å². The van der Waals surface area contributed by atoms with E-state index in [0.717, 1.165) is 26.1 Å². The van der Waals surface area contributed by atoms with Gasteiger partial charge in [0.25, 0.3) is 0 Å². The lowest BCUT2D eigenvalue weighted by Crippen LogP contribution is -2.33. The van der Waals surface area contributed by atoms with E-state index in [0.29, 0.717) is 11.8 Å². The summed E-state index contributed by atoms with van der Waals surface area (Å²) in [5.41, 5.74) is 2.23. The Morgan fingerprint density at radius 2 is 2.13 bits per heavy atom. The van der Waals surface area contributed by atoms with Crippen molar-refractivity contribution in [2.75, 3.05) is 13.2 Å². The van der Waals surface area contributed by atoms with Crippen LogP contribution >= 0.6 is 11.6 Å². The zero-order chi connectivity index (χ0) is 10.3. The van der Waals surface area contributed by atoms with Gasteiger partial charge in [0.05, 0.1) is 12.2 Å². The number of pyridine rings is 1. The summed E-state index contributed by atoms with van der Waals surface area (Å²) in [6.07, 6.45) is 3.66. The molecular formula is C11H12ClNO2. The van der Waals surface area contributed by atoms with Crippen molar-refractivity contribution in [1.82, 2.24) is 4.98 Å². The Morgan fingerprint density at radius 1 is 1.33 bits per heavy atom. The highest BCUT2D eigenvalue weighted by Gasteiger charge is 2.41. The number of hydrogen-bond acceptors (Lipinski definition) is 3. The fourth-order valence-corrected chi connectivity index (χ4v) is 2.56. The van der Waals surface area contributed by atoms with Crippen molar-refractivity contribution in [1.29, 1.82) is 0 Å². The summed E-state index contributed by atoms with van der Waals surface area (Å²) in [5, 5.41) is 0.546. The number of aromatic nitrogens is 1. The van der Waals surface area contributed by atoms with Gasteiger partial charge in [-0.05, 0) is 11.6 Å². The maximum atomic E-state index is 5.93. The monoisotopic (exact) mass is 225 g/mol. The molecule has 0 aromatic carbocycles. The van der Waals surface area contributed by atoms with E-state index < -0.39 is 0 Å². The topological polar surface area (TPSA) is 31.4 Å². The van der Waals surface area contributed by atoms with Crippen LogP contribution in [0.4, 0.5) is 0 Å². The summed E-state index contributed by atoms with van der Waals surface area (Å²) in [6, 6.07) is 1.94. The van der Waals surface area contributed by atoms with Crippen molar-refractivity contribution in [2.24, 2.45) is 0 Å². The van der Waals surface area contributed by atoms with Crippen molar-refractivity contribution in [2.45, 2.75) is 25.0 Å². The molecule has 1 aromatic heterocycles. The van der Waals surface area contributed by atoms with Gasteiger partial charge in [-0.3, -0.25) is 0 Å². The van der Waals surface area contributed by atoms with Crippen molar-refractivity contribution in [3.63, 3.8) is 0 Å². The maximum absolute atomic E-state index is 5.93. The van der Waals surface area contributed by atoms with Gasteiger partial charge < -0.3 is 9.47 Å². The summed E-state index contributed by atoms with van der Waals surface area (Å²) < 4.78 is 11.3. The highest BCUT2D eigenvalue weighted by molar-refractivity contribution is 6.29. The molecule has 2 aliphatic rings. The zero-order valence-electron chi connectivity index (χ0n) is 8.33. The molecule has 0 atom stereocenters. The lowest BCUT2D eigenvalue weighted by atomic mass is 9.86. The first-order chi connectivity index (χ1) is 7.30. The highest BCUT2D eigenvalue weighted by Crippen LogP contribution is 2.43. The van der Waals surface area contributed by atoms with Crippen LogP contribution in [0, 0.1) is 0 Å². The SMILES string of the molecule is Clc1cc2c(cn1)COC21CCOCC1. The van der Waals surface area contributed by atoms with Crippen LogP contribution in [0.15, 0.2) is 12.3 Å². The van der Waals surface area contributed by atoms with E-state index >= 15 is 0 Å². The van der Waals surface area contributed by atoms with Crippen LogP contribution in [-0.2, 0) is 21.7 Å². The quantitative estimate of drug-likeness (QED) is 0.635. The summed E-state index contributed by atoms with van der Waals surface area (Å²) in [6.45, 7) is 2.18. The molecule has 1 aromatic rings. The third kappa shape index (κ3) is 1.46. The standard InChI is InChI=1S/C11H12ClNO2/c12-10-5-9-8(6-13-10)7-15-11(9)1-3-14-4-2-11/h5-6H,1-4,7H2. The molecule has 3 heterocycles. The summed E-state index contributed by atoms with van der Waals surface area (Å²) in [7, 11) is 0. The summed E-state index contributed by atoms with van der Waals surface area (Å²) in [4.78, 5) is 4.08. The Hall–Kier alpha value is -0.640. The van der Waals surface area contributed by atoms with Crippen molar-refractivity contribution in [3.8, 4) is 0 Å². The first kappa shape index (κ1) is 9.58. The van der Waals surface area contributed by atoms with E-state index in [2.05, 4.69) is 4.98 Å². The van der Waals surface area contributed by atoms with Gasteiger partial charge in [-0.1, -0.05) is 11.6 Å². The van der Waals surface area contributed by atoms with Gasteiger partial charge in [-0.25, -0.2) is 4.98 Å². The van der Waals surface area contributed by atoms with E-state index in [9.17, 15) is 0 Å². The summed E-state index contributed by atoms with van der Waals surface area (Å²) >= 11 is 5.93. The fourth-order valence-electron chi connectivity index (χ4n) is 2.41. The first-order valence-electron chi connectivity index (χ1n) is 5.17. The normalized spacial score (nSPS) is 23.0. The predicted octanol–water partition coefficient (Wildman–Crippen LogP) is 2.27. The molecule has 0 bridgehead atoms. The minimum Gasteiger partial charge on any atom is -0.381 e. The molecule has 0 aliphatic carbocycles. The van der Waals surface area contributed by atoms with Crippen LogP contribution in [0.2, 0.25) is 5.15 Å². The molecular weight excluding hydrogens is 214 g/mol. The molecule has 0 radical (unpaired) electrons. The highest BCUT2D eigenvalue weighted by atomic mass is 35.5. The third-order valence-corrected chi connectivity index (χ3v) is 3.46. The Bertz CT molecular complexity index is 383. The summed E-state index contributed by atoms with van der Waals surface area (Å²) in [5.74, 6) is 0. The van der Waals surface area contributed by atoms with Crippen LogP contribution in [0.1, 0.15) is 24.0 Å². The van der Waals surface area contributed by atoms with E-state index in [1.165, 1.54) is 11.1 Å². The fraction of sp³-hybridized carbons (Fsp3) is 0.545. The molecule has 80 valence electrons. The molecule has 0 amide bonds. The number of ether oxygens (including phenoxy) is 2. The van der Waals surface area contributed by atoms with Gasteiger partial charge in [-0.2, -0.15) is 0 Å². The maximum Gasteiger partial charge on any atom is 0.129 e. The van der Waals surface area contributed by atoms with Crippen LogP contribution in [0.5, 0.6) is 0 Å². The Morgan fingerprint density at radius 3 is 2.93 bits per heavy atom. The van der Waals surface area contributed by atoms with Crippen LogP contribution < -0.4 is 0 Å². The molecule has 3 nitrogen and oxygen atoms in total. The van der Waals surface area contributed by atoms with Gasteiger partial charge >= 0.3 is 0 Å². The Kier molecular flexibility index (Phi) is 2.20. The number of hydrogen-bond donors (Lipinski definition) is 0. The molecule has 1 spiro atoms. The number of nitrogens with zero attached hydrogens (tertiary/aromatic N) is 1. The van der Waals surface area contributed by atoms with E-state index in [-0.39, 0.29) is 5.60 Å². The lowest BCUT2D eigenvalue weighted by molar-refractivity contribution is -0.107. The predicted molar refractivity (Wildman–Crippen MR) is 55.8 cm³/mol. The second-order valence-corrected chi connectivity index (χ2v) is 4.45. The van der Waals surface area contributed by atoms with Gasteiger partial charge in [-0.15, -0.1) is 0 Å². The minimum absolute atomic E-state index is 0.153.